The third-order valence-corrected chi connectivity index (χ3v) is 2.52. The van der Waals surface area contributed by atoms with Gasteiger partial charge in [0.25, 0.3) is 5.78 Å². The number of hydrogen-bond acceptors (Lipinski definition) is 3. The molecule has 0 fully saturated rings. The summed E-state index contributed by atoms with van der Waals surface area (Å²) in [4.78, 5) is 23.1. The predicted octanol–water partition coefficient (Wildman–Crippen LogP) is 2.36. The third kappa shape index (κ3) is 2.48. The summed E-state index contributed by atoms with van der Waals surface area (Å²) < 4.78 is 4.70. The lowest BCUT2D eigenvalue weighted by Crippen LogP contribution is -2.19. The van der Waals surface area contributed by atoms with Gasteiger partial charge in [0, 0.05) is 5.56 Å². The van der Waals surface area contributed by atoms with E-state index in [0.29, 0.717) is 5.56 Å². The van der Waals surface area contributed by atoms with Gasteiger partial charge in [-0.3, -0.25) is 4.79 Å². The van der Waals surface area contributed by atoms with E-state index < -0.39 is 11.8 Å². The minimum absolute atomic E-state index is 0.217. The van der Waals surface area contributed by atoms with Crippen LogP contribution in [0.2, 0.25) is 0 Å². The molecule has 86 valence electrons. The maximum atomic E-state index is 11.8. The molecule has 0 atom stereocenters. The van der Waals surface area contributed by atoms with Gasteiger partial charge >= 0.3 is 5.97 Å². The number of benzene rings is 1. The molecule has 0 heterocycles. The van der Waals surface area contributed by atoms with Crippen molar-refractivity contribution in [3.63, 3.8) is 0 Å². The Morgan fingerprint density at radius 2 is 1.81 bits per heavy atom. The topological polar surface area (TPSA) is 43.4 Å². The van der Waals surface area contributed by atoms with Crippen molar-refractivity contribution >= 4 is 11.8 Å². The fourth-order valence-electron chi connectivity index (χ4n) is 1.58. The van der Waals surface area contributed by atoms with Crippen LogP contribution >= 0.6 is 0 Å². The van der Waals surface area contributed by atoms with Gasteiger partial charge in [-0.25, -0.2) is 4.79 Å². The maximum absolute atomic E-state index is 11.8. The van der Waals surface area contributed by atoms with Crippen molar-refractivity contribution in [2.75, 3.05) is 6.61 Å². The molecular weight excluding hydrogens is 204 g/mol. The number of ether oxygens (including phenoxy) is 1. The normalized spacial score (nSPS) is 10.0. The number of carbonyl (C=O) groups excluding carboxylic acids is 2. The van der Waals surface area contributed by atoms with Crippen LogP contribution in [0.5, 0.6) is 0 Å². The number of hydrogen-bond donors (Lipinski definition) is 0. The van der Waals surface area contributed by atoms with E-state index in [-0.39, 0.29) is 6.61 Å². The van der Waals surface area contributed by atoms with Crippen molar-refractivity contribution in [3.8, 4) is 0 Å². The summed E-state index contributed by atoms with van der Waals surface area (Å²) in [6.45, 7) is 7.55. The highest BCUT2D eigenvalue weighted by Crippen LogP contribution is 2.16. The van der Waals surface area contributed by atoms with Crippen LogP contribution in [0.15, 0.2) is 12.1 Å². The van der Waals surface area contributed by atoms with Crippen LogP contribution < -0.4 is 0 Å². The van der Waals surface area contributed by atoms with Crippen LogP contribution in [-0.2, 0) is 9.53 Å². The molecule has 0 aliphatic carbocycles. The van der Waals surface area contributed by atoms with Crippen molar-refractivity contribution in [1.29, 1.82) is 0 Å². The van der Waals surface area contributed by atoms with Crippen LogP contribution in [0, 0.1) is 20.8 Å². The Bertz CT molecular complexity index is 433. The number of carbonyl (C=O) groups is 2. The van der Waals surface area contributed by atoms with Crippen LogP contribution in [0.4, 0.5) is 0 Å². The zero-order valence-corrected chi connectivity index (χ0v) is 10.1. The summed E-state index contributed by atoms with van der Waals surface area (Å²) in [5.74, 6) is -1.35. The molecule has 0 radical (unpaired) electrons. The van der Waals surface area contributed by atoms with Crippen LogP contribution in [0.3, 0.4) is 0 Å². The summed E-state index contributed by atoms with van der Waals surface area (Å²) in [5, 5.41) is 0. The molecule has 0 unspecified atom stereocenters. The first-order valence-electron chi connectivity index (χ1n) is 5.26. The van der Waals surface area contributed by atoms with Gasteiger partial charge in [0.05, 0.1) is 6.61 Å². The Kier molecular flexibility index (Phi) is 3.82. The summed E-state index contributed by atoms with van der Waals surface area (Å²) >= 11 is 0. The van der Waals surface area contributed by atoms with Crippen LogP contribution in [-0.4, -0.2) is 18.4 Å². The van der Waals surface area contributed by atoms with Gasteiger partial charge in [-0.15, -0.1) is 0 Å². The molecule has 0 saturated carbocycles. The minimum Gasteiger partial charge on any atom is -0.460 e. The highest BCUT2D eigenvalue weighted by molar-refractivity contribution is 6.41. The quantitative estimate of drug-likeness (QED) is 0.446. The monoisotopic (exact) mass is 220 g/mol. The molecule has 16 heavy (non-hydrogen) atoms. The van der Waals surface area contributed by atoms with E-state index >= 15 is 0 Å². The van der Waals surface area contributed by atoms with Gasteiger partial charge in [0.1, 0.15) is 0 Å². The van der Waals surface area contributed by atoms with Crippen LogP contribution in [0.25, 0.3) is 0 Å². The molecule has 3 nitrogen and oxygen atoms in total. The fraction of sp³-hybridized carbons (Fsp3) is 0.385. The molecule has 1 rings (SSSR count). The molecule has 0 spiro atoms. The molecule has 0 aliphatic heterocycles. The Labute approximate surface area is 95.4 Å². The average Bonchev–Trinajstić information content (AvgIpc) is 2.22. The number of esters is 1. The molecular formula is C13H16O3. The second-order valence-corrected chi connectivity index (χ2v) is 3.80. The van der Waals surface area contributed by atoms with Crippen molar-refractivity contribution < 1.29 is 14.3 Å². The van der Waals surface area contributed by atoms with Gasteiger partial charge in [-0.1, -0.05) is 11.6 Å². The highest BCUT2D eigenvalue weighted by atomic mass is 16.5. The Balaban J connectivity index is 3.13. The lowest BCUT2D eigenvalue weighted by atomic mass is 9.97. The summed E-state index contributed by atoms with van der Waals surface area (Å²) in [7, 11) is 0. The Morgan fingerprint density at radius 1 is 1.19 bits per heavy atom. The van der Waals surface area contributed by atoms with E-state index in [0.717, 1.165) is 16.7 Å². The smallest absolute Gasteiger partial charge is 0.379 e. The fourth-order valence-corrected chi connectivity index (χ4v) is 1.58. The molecule has 3 heteroatoms. The molecule has 0 aliphatic rings. The van der Waals surface area contributed by atoms with Gasteiger partial charge in [0.15, 0.2) is 0 Å². The first kappa shape index (κ1) is 12.4. The number of ketones is 1. The van der Waals surface area contributed by atoms with Gasteiger partial charge in [-0.2, -0.15) is 0 Å². The lowest BCUT2D eigenvalue weighted by molar-refractivity contribution is -0.137. The third-order valence-electron chi connectivity index (χ3n) is 2.52. The van der Waals surface area contributed by atoms with Crippen molar-refractivity contribution in [2.24, 2.45) is 0 Å². The molecule has 1 aromatic carbocycles. The minimum atomic E-state index is -0.782. The van der Waals surface area contributed by atoms with Crippen molar-refractivity contribution in [3.05, 3.63) is 34.4 Å². The predicted molar refractivity (Wildman–Crippen MR) is 61.6 cm³/mol. The lowest BCUT2D eigenvalue weighted by Gasteiger charge is -2.08. The van der Waals surface area contributed by atoms with Gasteiger partial charge in [0.2, 0.25) is 0 Å². The molecule has 0 amide bonds. The maximum Gasteiger partial charge on any atom is 0.379 e. The van der Waals surface area contributed by atoms with Gasteiger partial charge in [-0.05, 0) is 44.9 Å². The van der Waals surface area contributed by atoms with E-state index in [9.17, 15) is 9.59 Å². The Morgan fingerprint density at radius 3 is 2.38 bits per heavy atom. The first-order valence-corrected chi connectivity index (χ1v) is 5.26. The first-order chi connectivity index (χ1) is 7.47. The van der Waals surface area contributed by atoms with E-state index in [1.165, 1.54) is 0 Å². The number of rotatable bonds is 3. The molecule has 0 N–H and O–H groups in total. The van der Waals surface area contributed by atoms with E-state index in [1.807, 2.05) is 26.8 Å². The van der Waals surface area contributed by atoms with Crippen LogP contribution in [0.1, 0.15) is 34.0 Å². The molecule has 0 aromatic heterocycles. The summed E-state index contributed by atoms with van der Waals surface area (Å²) in [5.41, 5.74) is 3.25. The SMILES string of the molecule is CCOC(=O)C(=O)c1cc(C)cc(C)c1C. The molecule has 0 bridgehead atoms. The molecule has 1 aromatic rings. The highest BCUT2D eigenvalue weighted by Gasteiger charge is 2.20. The largest absolute Gasteiger partial charge is 0.460 e. The standard InChI is InChI=1S/C13H16O3/c1-5-16-13(15)12(14)11-7-8(2)6-9(3)10(11)4/h6-7H,5H2,1-4H3. The van der Waals surface area contributed by atoms with E-state index in [2.05, 4.69) is 0 Å². The zero-order chi connectivity index (χ0) is 12.3. The van der Waals surface area contributed by atoms with Crippen molar-refractivity contribution in [2.45, 2.75) is 27.7 Å². The molecule has 0 saturated heterocycles. The summed E-state index contributed by atoms with van der Waals surface area (Å²) in [6.07, 6.45) is 0. The Hall–Kier alpha value is -1.64. The second-order valence-electron chi connectivity index (χ2n) is 3.80. The van der Waals surface area contributed by atoms with E-state index in [4.69, 9.17) is 4.74 Å². The van der Waals surface area contributed by atoms with E-state index in [1.54, 1.807) is 13.0 Å². The number of Topliss-reactive ketones (excluding diaryl/α,β-unsaturated/α-hetero) is 1. The second kappa shape index (κ2) is 4.92. The van der Waals surface area contributed by atoms with Crippen molar-refractivity contribution in [1.82, 2.24) is 0 Å². The summed E-state index contributed by atoms with van der Waals surface area (Å²) in [6, 6.07) is 3.71. The average molecular weight is 220 g/mol. The zero-order valence-electron chi connectivity index (χ0n) is 10.1. The number of aryl methyl sites for hydroxylation is 2. The van der Waals surface area contributed by atoms with Gasteiger partial charge < -0.3 is 4.74 Å².